The smallest absolute Gasteiger partial charge is 0.227 e. The van der Waals surface area contributed by atoms with Crippen LogP contribution in [0.3, 0.4) is 0 Å². The Bertz CT molecular complexity index is 417. The number of amides is 1. The largest absolute Gasteiger partial charge is 0.342 e. The molecule has 5 heteroatoms. The van der Waals surface area contributed by atoms with E-state index in [1.807, 2.05) is 13.8 Å². The minimum absolute atomic E-state index is 0.161. The Morgan fingerprint density at radius 2 is 1.95 bits per heavy atom. The minimum atomic E-state index is -0.684. The lowest BCUT2D eigenvalue weighted by molar-refractivity contribution is -0.130. The van der Waals surface area contributed by atoms with Crippen LogP contribution in [-0.4, -0.2) is 30.4 Å². The molecule has 0 aliphatic heterocycles. The maximum Gasteiger partial charge on any atom is 0.227 e. The Hall–Kier alpha value is -1.49. The Morgan fingerprint density at radius 3 is 2.42 bits per heavy atom. The first-order valence-corrected chi connectivity index (χ1v) is 6.40. The average Bonchev–Trinajstić information content (AvgIpc) is 2.39. The van der Waals surface area contributed by atoms with E-state index in [0.717, 1.165) is 12.1 Å². The molecule has 3 nitrogen and oxygen atoms in total. The molecule has 0 aromatic heterocycles. The van der Waals surface area contributed by atoms with Crippen molar-refractivity contribution in [2.24, 2.45) is 11.7 Å². The molecule has 106 valence electrons. The van der Waals surface area contributed by atoms with Crippen molar-refractivity contribution in [3.8, 4) is 0 Å². The third kappa shape index (κ3) is 4.28. The van der Waals surface area contributed by atoms with E-state index in [1.54, 1.807) is 4.90 Å². The van der Waals surface area contributed by atoms with E-state index in [4.69, 9.17) is 5.73 Å². The van der Waals surface area contributed by atoms with Crippen molar-refractivity contribution in [3.63, 3.8) is 0 Å². The molecule has 0 spiro atoms. The molecule has 0 aliphatic carbocycles. The fourth-order valence-corrected chi connectivity index (χ4v) is 1.82. The molecule has 1 atom stereocenters. The normalized spacial score (nSPS) is 12.3. The highest BCUT2D eigenvalue weighted by Crippen LogP contribution is 2.14. The van der Waals surface area contributed by atoms with Crippen LogP contribution in [-0.2, 0) is 11.2 Å². The summed E-state index contributed by atoms with van der Waals surface area (Å²) in [5.41, 5.74) is 5.34. The topological polar surface area (TPSA) is 46.3 Å². The Labute approximate surface area is 112 Å². The Morgan fingerprint density at radius 1 is 1.37 bits per heavy atom. The molecule has 0 radical (unpaired) electrons. The monoisotopic (exact) mass is 270 g/mol. The second kappa shape index (κ2) is 7.19. The molecule has 0 fully saturated rings. The number of carbonyl (C=O) groups is 1. The van der Waals surface area contributed by atoms with Crippen molar-refractivity contribution in [3.05, 3.63) is 35.4 Å². The molecule has 1 aromatic carbocycles. The second-order valence-corrected chi connectivity index (χ2v) is 4.65. The van der Waals surface area contributed by atoms with Crippen molar-refractivity contribution >= 4 is 5.91 Å². The number of benzene rings is 1. The predicted octanol–water partition coefficient (Wildman–Crippen LogP) is 1.95. The summed E-state index contributed by atoms with van der Waals surface area (Å²) in [4.78, 5) is 13.6. The van der Waals surface area contributed by atoms with Crippen molar-refractivity contribution in [2.45, 2.75) is 20.3 Å². The summed E-state index contributed by atoms with van der Waals surface area (Å²) in [7, 11) is 0. The van der Waals surface area contributed by atoms with Gasteiger partial charge in [0.1, 0.15) is 11.6 Å². The first-order chi connectivity index (χ1) is 8.99. The molecule has 1 unspecified atom stereocenters. The van der Waals surface area contributed by atoms with Gasteiger partial charge in [-0.3, -0.25) is 4.79 Å². The highest BCUT2D eigenvalue weighted by molar-refractivity contribution is 5.78. The van der Waals surface area contributed by atoms with Crippen LogP contribution in [0.4, 0.5) is 8.78 Å². The fourth-order valence-electron chi connectivity index (χ4n) is 1.82. The van der Waals surface area contributed by atoms with E-state index in [2.05, 4.69) is 0 Å². The van der Waals surface area contributed by atoms with E-state index >= 15 is 0 Å². The van der Waals surface area contributed by atoms with Crippen LogP contribution in [0.2, 0.25) is 0 Å². The number of nitrogens with two attached hydrogens (primary N) is 1. The van der Waals surface area contributed by atoms with Crippen molar-refractivity contribution in [1.82, 2.24) is 4.90 Å². The SMILES string of the molecule is CCN(CC(C)CN)C(=O)Cc1c(F)cccc1F. The van der Waals surface area contributed by atoms with Gasteiger partial charge in [-0.1, -0.05) is 13.0 Å². The number of hydrogen-bond donors (Lipinski definition) is 1. The van der Waals surface area contributed by atoms with Crippen LogP contribution in [0.25, 0.3) is 0 Å². The fraction of sp³-hybridized carbons (Fsp3) is 0.500. The standard InChI is InChI=1S/C14H20F2N2O/c1-3-18(9-10(2)8-17)14(19)7-11-12(15)5-4-6-13(11)16/h4-6,10H,3,7-9,17H2,1-2H3. The molecule has 19 heavy (non-hydrogen) atoms. The summed E-state index contributed by atoms with van der Waals surface area (Å²) in [5, 5.41) is 0. The quantitative estimate of drug-likeness (QED) is 0.859. The molecule has 0 heterocycles. The minimum Gasteiger partial charge on any atom is -0.342 e. The third-order valence-corrected chi connectivity index (χ3v) is 3.06. The van der Waals surface area contributed by atoms with Crippen molar-refractivity contribution in [1.29, 1.82) is 0 Å². The van der Waals surface area contributed by atoms with Gasteiger partial charge in [-0.05, 0) is 31.5 Å². The van der Waals surface area contributed by atoms with Crippen LogP contribution in [0, 0.1) is 17.6 Å². The van der Waals surface area contributed by atoms with Gasteiger partial charge in [0, 0.05) is 18.7 Å². The van der Waals surface area contributed by atoms with Gasteiger partial charge in [-0.25, -0.2) is 8.78 Å². The molecular formula is C14H20F2N2O. The molecule has 1 amide bonds. The maximum absolute atomic E-state index is 13.5. The summed E-state index contributed by atoms with van der Waals surface area (Å²) in [5.74, 6) is -1.49. The van der Waals surface area contributed by atoms with Gasteiger partial charge < -0.3 is 10.6 Å². The van der Waals surface area contributed by atoms with Crippen LogP contribution in [0.15, 0.2) is 18.2 Å². The number of hydrogen-bond acceptors (Lipinski definition) is 2. The van der Waals surface area contributed by atoms with Gasteiger partial charge >= 0.3 is 0 Å². The molecule has 0 bridgehead atoms. The summed E-state index contributed by atoms with van der Waals surface area (Å²) < 4.78 is 27.0. The average molecular weight is 270 g/mol. The van der Waals surface area contributed by atoms with Gasteiger partial charge in [0.15, 0.2) is 0 Å². The number of carbonyl (C=O) groups excluding carboxylic acids is 1. The van der Waals surface area contributed by atoms with Gasteiger partial charge in [-0.15, -0.1) is 0 Å². The number of rotatable bonds is 6. The molecular weight excluding hydrogens is 250 g/mol. The first-order valence-electron chi connectivity index (χ1n) is 6.40. The zero-order valence-corrected chi connectivity index (χ0v) is 11.3. The van der Waals surface area contributed by atoms with Crippen molar-refractivity contribution in [2.75, 3.05) is 19.6 Å². The van der Waals surface area contributed by atoms with E-state index < -0.39 is 11.6 Å². The lowest BCUT2D eigenvalue weighted by Gasteiger charge is -2.24. The maximum atomic E-state index is 13.5. The predicted molar refractivity (Wildman–Crippen MR) is 70.5 cm³/mol. The molecule has 1 aromatic rings. The van der Waals surface area contributed by atoms with E-state index in [1.165, 1.54) is 6.07 Å². The molecule has 0 saturated heterocycles. The third-order valence-electron chi connectivity index (χ3n) is 3.06. The molecule has 2 N–H and O–H groups in total. The van der Waals surface area contributed by atoms with Crippen LogP contribution >= 0.6 is 0 Å². The lowest BCUT2D eigenvalue weighted by Crippen LogP contribution is -2.37. The van der Waals surface area contributed by atoms with Gasteiger partial charge in [0.05, 0.1) is 6.42 Å². The van der Waals surface area contributed by atoms with Gasteiger partial charge in [0.25, 0.3) is 0 Å². The highest BCUT2D eigenvalue weighted by Gasteiger charge is 2.18. The highest BCUT2D eigenvalue weighted by atomic mass is 19.1. The summed E-state index contributed by atoms with van der Waals surface area (Å²) >= 11 is 0. The van der Waals surface area contributed by atoms with Gasteiger partial charge in [-0.2, -0.15) is 0 Å². The van der Waals surface area contributed by atoms with Crippen LogP contribution in [0.1, 0.15) is 19.4 Å². The van der Waals surface area contributed by atoms with E-state index in [9.17, 15) is 13.6 Å². The zero-order chi connectivity index (χ0) is 14.4. The molecule has 0 aliphatic rings. The van der Waals surface area contributed by atoms with Gasteiger partial charge in [0.2, 0.25) is 5.91 Å². The molecule has 1 rings (SSSR count). The summed E-state index contributed by atoms with van der Waals surface area (Å²) in [6.07, 6.45) is -0.260. The van der Waals surface area contributed by atoms with Crippen LogP contribution in [0.5, 0.6) is 0 Å². The first kappa shape index (κ1) is 15.6. The molecule has 0 saturated carbocycles. The summed E-state index contributed by atoms with van der Waals surface area (Å²) in [6, 6.07) is 3.60. The summed E-state index contributed by atoms with van der Waals surface area (Å²) in [6.45, 7) is 5.23. The van der Waals surface area contributed by atoms with E-state index in [0.29, 0.717) is 19.6 Å². The number of halogens is 2. The Balaban J connectivity index is 2.77. The van der Waals surface area contributed by atoms with E-state index in [-0.39, 0.29) is 23.8 Å². The van der Waals surface area contributed by atoms with Crippen molar-refractivity contribution < 1.29 is 13.6 Å². The second-order valence-electron chi connectivity index (χ2n) is 4.65. The number of likely N-dealkylation sites (N-methyl/N-ethyl adjacent to an activating group) is 1. The van der Waals surface area contributed by atoms with Crippen LogP contribution < -0.4 is 5.73 Å². The Kier molecular flexibility index (Phi) is 5.89. The number of nitrogens with zero attached hydrogens (tertiary/aromatic N) is 1. The lowest BCUT2D eigenvalue weighted by atomic mass is 10.1. The zero-order valence-electron chi connectivity index (χ0n) is 11.3.